The molecule has 0 radical (unpaired) electrons. The monoisotopic (exact) mass is 245 g/mol. The number of aromatic nitrogens is 2. The summed E-state index contributed by atoms with van der Waals surface area (Å²) in [7, 11) is 0. The highest BCUT2D eigenvalue weighted by atomic mass is 16.2. The van der Waals surface area contributed by atoms with E-state index in [1.807, 2.05) is 20.8 Å². The minimum absolute atomic E-state index is 0.0358. The highest BCUT2D eigenvalue weighted by Gasteiger charge is 2.17. The van der Waals surface area contributed by atoms with Gasteiger partial charge >= 0.3 is 0 Å². The van der Waals surface area contributed by atoms with Crippen molar-refractivity contribution in [2.75, 3.05) is 0 Å². The molecule has 0 aliphatic carbocycles. The molecule has 0 atom stereocenters. The lowest BCUT2D eigenvalue weighted by molar-refractivity contribution is 0.0909. The normalized spacial score (nSPS) is 11.5. The van der Waals surface area contributed by atoms with E-state index in [-0.39, 0.29) is 22.8 Å². The summed E-state index contributed by atoms with van der Waals surface area (Å²) in [5.74, 6) is -0.348. The lowest BCUT2D eigenvalue weighted by Gasteiger charge is -2.19. The molecule has 2 N–H and O–H groups in total. The summed E-state index contributed by atoms with van der Waals surface area (Å²) in [6.45, 7) is 5.60. The van der Waals surface area contributed by atoms with E-state index >= 15 is 0 Å². The zero-order valence-corrected chi connectivity index (χ0v) is 10.6. The van der Waals surface area contributed by atoms with E-state index in [9.17, 15) is 9.59 Å². The third-order valence-electron chi connectivity index (χ3n) is 2.32. The Hall–Kier alpha value is -2.17. The summed E-state index contributed by atoms with van der Waals surface area (Å²) in [6, 6.07) is 6.92. The Balaban J connectivity index is 2.47. The van der Waals surface area contributed by atoms with E-state index in [2.05, 4.69) is 15.3 Å². The maximum atomic E-state index is 11.9. The first-order valence-corrected chi connectivity index (χ1v) is 5.68. The van der Waals surface area contributed by atoms with Crippen LogP contribution < -0.4 is 10.9 Å². The maximum absolute atomic E-state index is 11.9. The van der Waals surface area contributed by atoms with Gasteiger partial charge in [-0.25, -0.2) is 4.98 Å². The number of amides is 1. The van der Waals surface area contributed by atoms with Gasteiger partial charge in [0.25, 0.3) is 11.5 Å². The number of para-hydroxylation sites is 1. The van der Waals surface area contributed by atoms with Crippen LogP contribution in [-0.4, -0.2) is 21.4 Å². The van der Waals surface area contributed by atoms with E-state index < -0.39 is 0 Å². The van der Waals surface area contributed by atoms with Crippen molar-refractivity contribution in [3.63, 3.8) is 0 Å². The molecule has 0 saturated heterocycles. The van der Waals surface area contributed by atoms with Crippen molar-refractivity contribution >= 4 is 16.8 Å². The smallest absolute Gasteiger partial charge is 0.287 e. The molecule has 0 spiro atoms. The zero-order valence-electron chi connectivity index (χ0n) is 10.6. The molecule has 0 unspecified atom stereocenters. The molecule has 5 nitrogen and oxygen atoms in total. The second-order valence-corrected chi connectivity index (χ2v) is 5.14. The number of rotatable bonds is 1. The molecule has 5 heteroatoms. The van der Waals surface area contributed by atoms with Crippen LogP contribution in [0.3, 0.4) is 0 Å². The van der Waals surface area contributed by atoms with Gasteiger partial charge in [0, 0.05) is 5.54 Å². The molecule has 18 heavy (non-hydrogen) atoms. The highest BCUT2D eigenvalue weighted by Crippen LogP contribution is 2.06. The Morgan fingerprint density at radius 2 is 1.94 bits per heavy atom. The van der Waals surface area contributed by atoms with Crippen molar-refractivity contribution < 1.29 is 4.79 Å². The Bertz CT molecular complexity index is 653. The summed E-state index contributed by atoms with van der Waals surface area (Å²) in [6.07, 6.45) is 0. The molecular weight excluding hydrogens is 230 g/mol. The summed E-state index contributed by atoms with van der Waals surface area (Å²) in [4.78, 5) is 30.4. The lowest BCUT2D eigenvalue weighted by atomic mass is 10.1. The number of carbonyl (C=O) groups is 1. The van der Waals surface area contributed by atoms with Crippen molar-refractivity contribution in [2.24, 2.45) is 0 Å². The third-order valence-corrected chi connectivity index (χ3v) is 2.32. The quantitative estimate of drug-likeness (QED) is 0.798. The van der Waals surface area contributed by atoms with Gasteiger partial charge in [0.15, 0.2) is 5.82 Å². The fraction of sp³-hybridized carbons (Fsp3) is 0.308. The summed E-state index contributed by atoms with van der Waals surface area (Å²) >= 11 is 0. The number of carbonyl (C=O) groups excluding carboxylic acids is 1. The summed E-state index contributed by atoms with van der Waals surface area (Å²) < 4.78 is 0. The molecule has 1 heterocycles. The second-order valence-electron chi connectivity index (χ2n) is 5.14. The fourth-order valence-electron chi connectivity index (χ4n) is 1.59. The van der Waals surface area contributed by atoms with Gasteiger partial charge in [0.05, 0.1) is 10.9 Å². The van der Waals surface area contributed by atoms with Crippen molar-refractivity contribution in [3.05, 3.63) is 40.4 Å². The highest BCUT2D eigenvalue weighted by molar-refractivity contribution is 5.92. The molecule has 1 aromatic carbocycles. The molecule has 2 rings (SSSR count). The largest absolute Gasteiger partial charge is 0.345 e. The third kappa shape index (κ3) is 2.56. The summed E-state index contributed by atoms with van der Waals surface area (Å²) in [5, 5.41) is 3.23. The number of benzene rings is 1. The minimum atomic E-state index is -0.384. The maximum Gasteiger partial charge on any atom is 0.287 e. The topological polar surface area (TPSA) is 74.8 Å². The standard InChI is InChI=1S/C13H15N3O2/c1-13(2,3)16-12(18)10-14-9-7-5-4-6-8(9)11(17)15-10/h4-7H,1-3H3,(H,16,18)(H,14,15,17). The van der Waals surface area contributed by atoms with E-state index in [0.717, 1.165) is 0 Å². The van der Waals surface area contributed by atoms with E-state index in [1.165, 1.54) is 0 Å². The van der Waals surface area contributed by atoms with Crippen LogP contribution in [0.2, 0.25) is 0 Å². The molecule has 0 bridgehead atoms. The predicted octanol–water partition coefficient (Wildman–Crippen LogP) is 1.45. The molecule has 0 fully saturated rings. The molecule has 0 aliphatic rings. The Morgan fingerprint density at radius 3 is 2.61 bits per heavy atom. The van der Waals surface area contributed by atoms with Gasteiger partial charge in [-0.05, 0) is 32.9 Å². The number of hydrogen-bond acceptors (Lipinski definition) is 3. The Morgan fingerprint density at radius 1 is 1.28 bits per heavy atom. The number of H-pyrrole nitrogens is 1. The van der Waals surface area contributed by atoms with Crippen LogP contribution in [0.5, 0.6) is 0 Å². The van der Waals surface area contributed by atoms with Crippen molar-refractivity contribution in [3.8, 4) is 0 Å². The van der Waals surface area contributed by atoms with Crippen LogP contribution in [0.15, 0.2) is 29.1 Å². The van der Waals surface area contributed by atoms with Crippen molar-refractivity contribution in [1.29, 1.82) is 0 Å². The first kappa shape index (κ1) is 12.3. The van der Waals surface area contributed by atoms with Gasteiger partial charge in [-0.15, -0.1) is 0 Å². The molecule has 2 aromatic rings. The molecule has 0 saturated carbocycles. The number of aromatic amines is 1. The van der Waals surface area contributed by atoms with Gasteiger partial charge < -0.3 is 10.3 Å². The van der Waals surface area contributed by atoms with E-state index in [1.54, 1.807) is 24.3 Å². The molecule has 94 valence electrons. The van der Waals surface area contributed by atoms with Crippen LogP contribution >= 0.6 is 0 Å². The van der Waals surface area contributed by atoms with Crippen LogP contribution in [0, 0.1) is 0 Å². The fourth-order valence-corrected chi connectivity index (χ4v) is 1.59. The second kappa shape index (κ2) is 4.25. The lowest BCUT2D eigenvalue weighted by Crippen LogP contribution is -2.41. The van der Waals surface area contributed by atoms with Gasteiger partial charge in [-0.3, -0.25) is 9.59 Å². The van der Waals surface area contributed by atoms with Crippen LogP contribution in [0.25, 0.3) is 10.9 Å². The van der Waals surface area contributed by atoms with Crippen molar-refractivity contribution in [1.82, 2.24) is 15.3 Å². The number of nitrogens with one attached hydrogen (secondary N) is 2. The Labute approximate surface area is 104 Å². The average Bonchev–Trinajstić information content (AvgIpc) is 2.26. The van der Waals surface area contributed by atoms with Gasteiger partial charge in [-0.1, -0.05) is 12.1 Å². The van der Waals surface area contributed by atoms with E-state index in [4.69, 9.17) is 0 Å². The van der Waals surface area contributed by atoms with Crippen LogP contribution in [0.1, 0.15) is 31.4 Å². The van der Waals surface area contributed by atoms with Crippen LogP contribution in [0.4, 0.5) is 0 Å². The SMILES string of the molecule is CC(C)(C)NC(=O)c1nc2ccccc2c(=O)[nH]1. The first-order chi connectivity index (χ1) is 8.37. The van der Waals surface area contributed by atoms with Crippen molar-refractivity contribution in [2.45, 2.75) is 26.3 Å². The molecule has 1 amide bonds. The number of fused-ring (bicyclic) bond motifs is 1. The molecular formula is C13H15N3O2. The minimum Gasteiger partial charge on any atom is -0.345 e. The van der Waals surface area contributed by atoms with Crippen LogP contribution in [-0.2, 0) is 0 Å². The van der Waals surface area contributed by atoms with Gasteiger partial charge in [-0.2, -0.15) is 0 Å². The Kier molecular flexibility index (Phi) is 2.90. The number of nitrogens with zero attached hydrogens (tertiary/aromatic N) is 1. The molecule has 0 aliphatic heterocycles. The average molecular weight is 245 g/mol. The summed E-state index contributed by atoms with van der Waals surface area (Å²) in [5.41, 5.74) is -0.165. The van der Waals surface area contributed by atoms with Gasteiger partial charge in [0.1, 0.15) is 0 Å². The first-order valence-electron chi connectivity index (χ1n) is 5.68. The predicted molar refractivity (Wildman–Crippen MR) is 69.6 cm³/mol. The number of hydrogen-bond donors (Lipinski definition) is 2. The zero-order chi connectivity index (χ0) is 13.3. The molecule has 1 aromatic heterocycles. The van der Waals surface area contributed by atoms with Gasteiger partial charge in [0.2, 0.25) is 0 Å². The van der Waals surface area contributed by atoms with E-state index in [0.29, 0.717) is 10.9 Å².